The van der Waals surface area contributed by atoms with Gasteiger partial charge < -0.3 is 19.3 Å². The van der Waals surface area contributed by atoms with Gasteiger partial charge in [0.25, 0.3) is 0 Å². The van der Waals surface area contributed by atoms with Gasteiger partial charge in [0.15, 0.2) is 0 Å². The average Bonchev–Trinajstić information content (AvgIpc) is 2.88. The van der Waals surface area contributed by atoms with E-state index in [1.165, 1.54) is 25.7 Å². The Labute approximate surface area is 242 Å². The smallest absolute Gasteiger partial charge is 0.123 e. The van der Waals surface area contributed by atoms with Crippen LogP contribution in [0.25, 0.3) is 0 Å². The van der Waals surface area contributed by atoms with Crippen LogP contribution in [0.2, 0.25) is 0 Å². The molecule has 0 aliphatic heterocycles. The van der Waals surface area contributed by atoms with Gasteiger partial charge in [-0.1, -0.05) is 93.9 Å². The molecule has 0 saturated heterocycles. The molecule has 0 aliphatic carbocycles. The number of hydrogen-bond donors (Lipinski definition) is 1. The monoisotopic (exact) mass is 548 g/mol. The maximum absolute atomic E-state index is 11.2. The molecule has 0 amide bonds. The van der Waals surface area contributed by atoms with Crippen LogP contribution in [0.15, 0.2) is 12.1 Å². The minimum Gasteiger partial charge on any atom is -0.508 e. The normalized spacial score (nSPS) is 14.0. The highest BCUT2D eigenvalue weighted by molar-refractivity contribution is 5.51. The molecule has 0 heterocycles. The van der Waals surface area contributed by atoms with Gasteiger partial charge >= 0.3 is 0 Å². The Morgan fingerprint density at radius 3 is 1.56 bits per heavy atom. The van der Waals surface area contributed by atoms with E-state index in [1.807, 2.05) is 6.07 Å². The van der Waals surface area contributed by atoms with Crippen LogP contribution in [0.5, 0.6) is 11.5 Å². The molecule has 2 unspecified atom stereocenters. The summed E-state index contributed by atoms with van der Waals surface area (Å²) in [6, 6.07) is 4.09. The second-order valence-corrected chi connectivity index (χ2v) is 13.3. The Morgan fingerprint density at radius 2 is 1.13 bits per heavy atom. The summed E-state index contributed by atoms with van der Waals surface area (Å²) in [5.74, 6) is 2.62. The number of phenols is 1. The highest BCUT2D eigenvalue weighted by Crippen LogP contribution is 2.44. The molecule has 1 aromatic rings. The SMILES string of the molecule is CCCCOCCC(C)CCCC(C)(C)c1cc(OC)c(C(C)(C)CCCC(C)CCOCCCC)cc1O. The Morgan fingerprint density at radius 1 is 0.667 bits per heavy atom. The molecule has 228 valence electrons. The van der Waals surface area contributed by atoms with Crippen molar-refractivity contribution in [1.82, 2.24) is 0 Å². The van der Waals surface area contributed by atoms with E-state index in [1.54, 1.807) is 7.11 Å². The Bertz CT molecular complexity index is 770. The first-order valence-corrected chi connectivity index (χ1v) is 16.1. The lowest BCUT2D eigenvalue weighted by Gasteiger charge is -2.32. The van der Waals surface area contributed by atoms with Crippen LogP contribution in [0.1, 0.15) is 144 Å². The fourth-order valence-electron chi connectivity index (χ4n) is 5.42. The molecule has 0 radical (unpaired) electrons. The highest BCUT2D eigenvalue weighted by Gasteiger charge is 2.30. The van der Waals surface area contributed by atoms with E-state index in [4.69, 9.17) is 14.2 Å². The Balaban J connectivity index is 2.69. The fraction of sp³-hybridized carbons (Fsp3) is 0.829. The number of methoxy groups -OCH3 is 1. The third kappa shape index (κ3) is 13.8. The van der Waals surface area contributed by atoms with Gasteiger partial charge in [-0.2, -0.15) is 0 Å². The zero-order valence-corrected chi connectivity index (χ0v) is 27.3. The second kappa shape index (κ2) is 19.0. The predicted molar refractivity (Wildman–Crippen MR) is 167 cm³/mol. The van der Waals surface area contributed by atoms with E-state index in [9.17, 15) is 5.11 Å². The van der Waals surface area contributed by atoms with Gasteiger partial charge in [0, 0.05) is 37.6 Å². The summed E-state index contributed by atoms with van der Waals surface area (Å²) in [7, 11) is 1.76. The van der Waals surface area contributed by atoms with E-state index in [0.717, 1.165) is 94.7 Å². The van der Waals surface area contributed by atoms with Gasteiger partial charge in [0.2, 0.25) is 0 Å². The fourth-order valence-corrected chi connectivity index (χ4v) is 5.42. The van der Waals surface area contributed by atoms with E-state index in [0.29, 0.717) is 17.6 Å². The number of hydrogen-bond acceptors (Lipinski definition) is 4. The van der Waals surface area contributed by atoms with E-state index in [2.05, 4.69) is 61.5 Å². The maximum Gasteiger partial charge on any atom is 0.123 e. The highest BCUT2D eigenvalue weighted by atomic mass is 16.5. The molecular weight excluding hydrogens is 484 g/mol. The quantitative estimate of drug-likeness (QED) is 0.138. The summed E-state index contributed by atoms with van der Waals surface area (Å²) in [6.45, 7) is 21.6. The molecule has 0 aliphatic rings. The van der Waals surface area contributed by atoms with Crippen molar-refractivity contribution in [3.05, 3.63) is 23.3 Å². The summed E-state index contributed by atoms with van der Waals surface area (Å²) in [5, 5.41) is 11.2. The summed E-state index contributed by atoms with van der Waals surface area (Å²) in [6.07, 6.45) is 13.7. The summed E-state index contributed by atoms with van der Waals surface area (Å²) < 4.78 is 17.4. The largest absolute Gasteiger partial charge is 0.508 e. The second-order valence-electron chi connectivity index (χ2n) is 13.3. The van der Waals surface area contributed by atoms with E-state index < -0.39 is 0 Å². The zero-order valence-electron chi connectivity index (χ0n) is 27.3. The lowest BCUT2D eigenvalue weighted by atomic mass is 9.75. The molecule has 0 fully saturated rings. The molecule has 1 N–H and O–H groups in total. The maximum atomic E-state index is 11.2. The third-order valence-corrected chi connectivity index (χ3v) is 8.57. The first kappa shape index (κ1) is 35.8. The average molecular weight is 549 g/mol. The van der Waals surface area contributed by atoms with Crippen LogP contribution < -0.4 is 4.74 Å². The first-order chi connectivity index (χ1) is 18.5. The van der Waals surface area contributed by atoms with Crippen LogP contribution in [0, 0.1) is 11.8 Å². The lowest BCUT2D eigenvalue weighted by molar-refractivity contribution is 0.117. The van der Waals surface area contributed by atoms with Crippen LogP contribution >= 0.6 is 0 Å². The first-order valence-electron chi connectivity index (χ1n) is 16.1. The molecule has 0 aromatic heterocycles. The summed E-state index contributed by atoms with van der Waals surface area (Å²) in [5.41, 5.74) is 1.91. The molecule has 0 spiro atoms. The Kier molecular flexibility index (Phi) is 17.4. The molecule has 39 heavy (non-hydrogen) atoms. The van der Waals surface area contributed by atoms with Crippen LogP contribution in [-0.4, -0.2) is 38.6 Å². The minimum absolute atomic E-state index is 0.0720. The Hall–Kier alpha value is -1.26. The van der Waals surface area contributed by atoms with Gasteiger partial charge in [-0.3, -0.25) is 0 Å². The van der Waals surface area contributed by atoms with Crippen molar-refractivity contribution in [1.29, 1.82) is 0 Å². The number of ether oxygens (including phenoxy) is 3. The molecule has 1 rings (SSSR count). The van der Waals surface area contributed by atoms with Crippen LogP contribution in [0.3, 0.4) is 0 Å². The van der Waals surface area contributed by atoms with Crippen molar-refractivity contribution in [2.75, 3.05) is 33.5 Å². The van der Waals surface area contributed by atoms with Gasteiger partial charge in [-0.15, -0.1) is 0 Å². The van der Waals surface area contributed by atoms with Gasteiger partial charge in [0.05, 0.1) is 7.11 Å². The van der Waals surface area contributed by atoms with Crippen molar-refractivity contribution in [2.45, 2.75) is 143 Å². The standard InChI is InChI=1S/C35H64O4/c1-10-12-22-38-24-18-28(3)16-14-20-34(5,6)30-27-33(37-9)31(26-32(30)36)35(7,8)21-15-17-29(4)19-25-39-23-13-11-2/h26-29,36H,10-25H2,1-9H3. The summed E-state index contributed by atoms with van der Waals surface area (Å²) in [4.78, 5) is 0. The summed E-state index contributed by atoms with van der Waals surface area (Å²) >= 11 is 0. The number of unbranched alkanes of at least 4 members (excludes halogenated alkanes) is 2. The molecule has 4 heteroatoms. The van der Waals surface area contributed by atoms with Crippen LogP contribution in [-0.2, 0) is 20.3 Å². The van der Waals surface area contributed by atoms with Crippen molar-refractivity contribution >= 4 is 0 Å². The number of phenolic OH excluding ortho intramolecular Hbond substituents is 1. The van der Waals surface area contributed by atoms with E-state index in [-0.39, 0.29) is 10.8 Å². The molecule has 0 saturated carbocycles. The van der Waals surface area contributed by atoms with Crippen LogP contribution in [0.4, 0.5) is 0 Å². The van der Waals surface area contributed by atoms with E-state index >= 15 is 0 Å². The minimum atomic E-state index is -0.119. The number of rotatable bonds is 23. The topological polar surface area (TPSA) is 47.9 Å². The van der Waals surface area contributed by atoms with Crippen molar-refractivity contribution in [3.8, 4) is 11.5 Å². The predicted octanol–water partition coefficient (Wildman–Crippen LogP) is 9.98. The van der Waals surface area contributed by atoms with Gasteiger partial charge in [-0.25, -0.2) is 0 Å². The molecule has 0 bridgehead atoms. The van der Waals surface area contributed by atoms with Gasteiger partial charge in [0.1, 0.15) is 11.5 Å². The van der Waals surface area contributed by atoms with Crippen molar-refractivity contribution in [3.63, 3.8) is 0 Å². The van der Waals surface area contributed by atoms with Crippen molar-refractivity contribution in [2.24, 2.45) is 11.8 Å². The van der Waals surface area contributed by atoms with Crippen molar-refractivity contribution < 1.29 is 19.3 Å². The zero-order chi connectivity index (χ0) is 29.3. The molecule has 1 aromatic carbocycles. The molecular formula is C35H64O4. The third-order valence-electron chi connectivity index (χ3n) is 8.57. The number of benzene rings is 1. The number of aromatic hydroxyl groups is 1. The molecule has 2 atom stereocenters. The molecule has 4 nitrogen and oxygen atoms in total. The van der Waals surface area contributed by atoms with Gasteiger partial charge in [-0.05, 0) is 73.3 Å². The lowest BCUT2D eigenvalue weighted by Crippen LogP contribution is -2.22.